The number of esters is 1. The summed E-state index contributed by atoms with van der Waals surface area (Å²) in [6, 6.07) is 14.2. The Kier molecular flexibility index (Phi) is 9.61. The standard InChI is InChI=1S/C33H42ClF2N5O2/c1-5-43-32(42)28-20-37-41(30(28)31(35)36)26-7-6-14-40(21-26)29-19-24(34)10-13-27(29)23-8-11-25(12-9-23)39-17-15-38(16-18-39)22-33(2,3)4/h8-13,19-20,26,31H,5-7,14-18,21-22H2,1-4H3. The molecule has 0 saturated carbocycles. The van der Waals surface area contributed by atoms with Gasteiger partial charge in [-0.3, -0.25) is 9.58 Å². The van der Waals surface area contributed by atoms with Crippen molar-refractivity contribution in [1.29, 1.82) is 0 Å². The van der Waals surface area contributed by atoms with Gasteiger partial charge in [-0.25, -0.2) is 13.6 Å². The zero-order chi connectivity index (χ0) is 30.7. The third-order valence-electron chi connectivity index (χ3n) is 8.19. The van der Waals surface area contributed by atoms with Crippen molar-refractivity contribution in [2.45, 2.75) is 53.0 Å². The van der Waals surface area contributed by atoms with Crippen LogP contribution in [0.4, 0.5) is 20.2 Å². The summed E-state index contributed by atoms with van der Waals surface area (Å²) >= 11 is 6.48. The molecule has 2 aliphatic heterocycles. The van der Waals surface area contributed by atoms with Crippen LogP contribution < -0.4 is 9.80 Å². The van der Waals surface area contributed by atoms with Gasteiger partial charge in [-0.2, -0.15) is 5.10 Å². The maximum Gasteiger partial charge on any atom is 0.341 e. The van der Waals surface area contributed by atoms with Crippen molar-refractivity contribution < 1.29 is 18.3 Å². The Morgan fingerprint density at radius 1 is 1.05 bits per heavy atom. The quantitative estimate of drug-likeness (QED) is 0.248. The van der Waals surface area contributed by atoms with Gasteiger partial charge in [-0.05, 0) is 55.0 Å². The SMILES string of the molecule is CCOC(=O)c1cnn(C2CCCN(c3cc(Cl)ccc3-c3ccc(N4CCN(CC(C)(C)C)CC4)cc3)C2)c1C(F)F. The summed E-state index contributed by atoms with van der Waals surface area (Å²) in [5, 5.41) is 4.86. The van der Waals surface area contributed by atoms with Crippen LogP contribution in [0.5, 0.6) is 0 Å². The number of aromatic nitrogens is 2. The molecule has 2 aromatic carbocycles. The minimum Gasteiger partial charge on any atom is -0.462 e. The van der Waals surface area contributed by atoms with E-state index in [0.717, 1.165) is 62.5 Å². The molecule has 0 radical (unpaired) electrons. The summed E-state index contributed by atoms with van der Waals surface area (Å²) < 4.78 is 34.7. The van der Waals surface area contributed by atoms with E-state index in [9.17, 15) is 13.6 Å². The fourth-order valence-electron chi connectivity index (χ4n) is 6.32. The van der Waals surface area contributed by atoms with Gasteiger partial charge >= 0.3 is 5.97 Å². The number of piperidine rings is 1. The Bertz CT molecular complexity index is 1400. The van der Waals surface area contributed by atoms with Gasteiger partial charge in [0, 0.05) is 67.8 Å². The van der Waals surface area contributed by atoms with E-state index in [-0.39, 0.29) is 23.9 Å². The second-order valence-electron chi connectivity index (χ2n) is 12.7. The molecule has 7 nitrogen and oxygen atoms in total. The monoisotopic (exact) mass is 613 g/mol. The number of ether oxygens (including phenoxy) is 1. The van der Waals surface area contributed by atoms with Crippen molar-refractivity contribution in [3.05, 3.63) is 64.9 Å². The van der Waals surface area contributed by atoms with Gasteiger partial charge < -0.3 is 14.5 Å². The number of piperazine rings is 1. The molecule has 232 valence electrons. The molecule has 0 spiro atoms. The van der Waals surface area contributed by atoms with E-state index in [4.69, 9.17) is 16.3 Å². The van der Waals surface area contributed by atoms with E-state index >= 15 is 0 Å². The molecule has 0 aliphatic carbocycles. The minimum absolute atomic E-state index is 0.108. The predicted molar refractivity (Wildman–Crippen MR) is 169 cm³/mol. The number of alkyl halides is 2. The smallest absolute Gasteiger partial charge is 0.341 e. The zero-order valence-corrected chi connectivity index (χ0v) is 26.3. The number of hydrogen-bond donors (Lipinski definition) is 0. The van der Waals surface area contributed by atoms with Crippen LogP contribution in [0.3, 0.4) is 0 Å². The zero-order valence-electron chi connectivity index (χ0n) is 25.5. The van der Waals surface area contributed by atoms with Crippen molar-refractivity contribution in [1.82, 2.24) is 14.7 Å². The summed E-state index contributed by atoms with van der Waals surface area (Å²) in [5.74, 6) is -0.774. The lowest BCUT2D eigenvalue weighted by Gasteiger charge is -2.39. The van der Waals surface area contributed by atoms with Gasteiger partial charge in [-0.1, -0.05) is 50.6 Å². The number of rotatable bonds is 8. The van der Waals surface area contributed by atoms with Crippen LogP contribution in [0, 0.1) is 5.41 Å². The normalized spacial score (nSPS) is 18.4. The molecule has 0 bridgehead atoms. The molecular weight excluding hydrogens is 572 g/mol. The van der Waals surface area contributed by atoms with Gasteiger partial charge in [0.1, 0.15) is 11.3 Å². The number of hydrogen-bond acceptors (Lipinski definition) is 6. The first-order valence-electron chi connectivity index (χ1n) is 15.2. The van der Waals surface area contributed by atoms with Crippen molar-refractivity contribution in [2.75, 3.05) is 62.2 Å². The number of carbonyl (C=O) groups is 1. The fraction of sp³-hybridized carbons (Fsp3) is 0.515. The summed E-state index contributed by atoms with van der Waals surface area (Å²) in [6.45, 7) is 15.1. The van der Waals surface area contributed by atoms with E-state index in [2.05, 4.69) is 64.8 Å². The molecule has 0 N–H and O–H groups in total. The molecule has 1 unspecified atom stereocenters. The lowest BCUT2D eigenvalue weighted by Crippen LogP contribution is -2.48. The van der Waals surface area contributed by atoms with Crippen molar-refractivity contribution in [3.63, 3.8) is 0 Å². The van der Waals surface area contributed by atoms with Crippen LogP contribution in [-0.4, -0.2) is 73.1 Å². The second kappa shape index (κ2) is 13.2. The number of anilines is 2. The first-order chi connectivity index (χ1) is 20.5. The molecule has 43 heavy (non-hydrogen) atoms. The number of halogens is 3. The largest absolute Gasteiger partial charge is 0.462 e. The summed E-state index contributed by atoms with van der Waals surface area (Å²) in [6.07, 6.45) is -0.184. The Hall–Kier alpha value is -3.17. The van der Waals surface area contributed by atoms with Gasteiger partial charge in [0.2, 0.25) is 0 Å². The first kappa shape index (κ1) is 31.3. The maximum atomic E-state index is 14.2. The Morgan fingerprint density at radius 3 is 2.42 bits per heavy atom. The van der Waals surface area contributed by atoms with Crippen LogP contribution in [0.15, 0.2) is 48.7 Å². The number of nitrogens with zero attached hydrogens (tertiary/aromatic N) is 5. The average molecular weight is 614 g/mol. The molecule has 2 fully saturated rings. The van der Waals surface area contributed by atoms with Gasteiger partial charge in [0.15, 0.2) is 0 Å². The molecule has 0 amide bonds. The maximum absolute atomic E-state index is 14.2. The summed E-state index contributed by atoms with van der Waals surface area (Å²) in [5.41, 5.74) is 4.01. The second-order valence-corrected chi connectivity index (χ2v) is 13.1. The fourth-order valence-corrected chi connectivity index (χ4v) is 6.48. The molecule has 2 aliphatic rings. The highest BCUT2D eigenvalue weighted by Gasteiger charge is 2.32. The topological polar surface area (TPSA) is 53.8 Å². The van der Waals surface area contributed by atoms with Crippen molar-refractivity contribution in [2.24, 2.45) is 5.41 Å². The number of benzene rings is 2. The molecule has 1 aromatic heterocycles. The third-order valence-corrected chi connectivity index (χ3v) is 8.43. The van der Waals surface area contributed by atoms with Crippen molar-refractivity contribution >= 4 is 28.9 Å². The van der Waals surface area contributed by atoms with E-state index in [0.29, 0.717) is 23.4 Å². The van der Waals surface area contributed by atoms with Crippen LogP contribution in [0.25, 0.3) is 11.1 Å². The van der Waals surface area contributed by atoms with Crippen molar-refractivity contribution in [3.8, 4) is 11.1 Å². The van der Waals surface area contributed by atoms with E-state index < -0.39 is 12.4 Å². The highest BCUT2D eigenvalue weighted by molar-refractivity contribution is 6.31. The summed E-state index contributed by atoms with van der Waals surface area (Å²) in [7, 11) is 0. The molecule has 3 aromatic rings. The van der Waals surface area contributed by atoms with E-state index in [1.165, 1.54) is 16.6 Å². The van der Waals surface area contributed by atoms with Gasteiger partial charge in [0.05, 0.1) is 18.8 Å². The van der Waals surface area contributed by atoms with Crippen LogP contribution in [-0.2, 0) is 4.74 Å². The predicted octanol–water partition coefficient (Wildman–Crippen LogP) is 7.33. The van der Waals surface area contributed by atoms with E-state index in [1.54, 1.807) is 6.92 Å². The Morgan fingerprint density at radius 2 is 1.77 bits per heavy atom. The average Bonchev–Trinajstić information content (AvgIpc) is 3.43. The minimum atomic E-state index is -2.85. The van der Waals surface area contributed by atoms with Gasteiger partial charge in [0.25, 0.3) is 6.43 Å². The molecule has 1 atom stereocenters. The number of carbonyl (C=O) groups excluding carboxylic acids is 1. The van der Waals surface area contributed by atoms with Crippen LogP contribution >= 0.6 is 11.6 Å². The highest BCUT2D eigenvalue weighted by Crippen LogP contribution is 2.38. The molecule has 3 heterocycles. The molecular formula is C33H42ClF2N5O2. The van der Waals surface area contributed by atoms with Crippen LogP contribution in [0.1, 0.15) is 69.1 Å². The Balaban J connectivity index is 1.34. The van der Waals surface area contributed by atoms with Crippen LogP contribution in [0.2, 0.25) is 5.02 Å². The lowest BCUT2D eigenvalue weighted by atomic mass is 9.95. The third kappa shape index (κ3) is 7.32. The Labute approximate surface area is 258 Å². The molecule has 10 heteroatoms. The highest BCUT2D eigenvalue weighted by atomic mass is 35.5. The first-order valence-corrected chi connectivity index (χ1v) is 15.6. The molecule has 5 rings (SSSR count). The van der Waals surface area contributed by atoms with E-state index in [1.807, 2.05) is 18.2 Å². The lowest BCUT2D eigenvalue weighted by molar-refractivity contribution is 0.0512. The molecule has 2 saturated heterocycles. The summed E-state index contributed by atoms with van der Waals surface area (Å²) in [4.78, 5) is 19.5. The van der Waals surface area contributed by atoms with Gasteiger partial charge in [-0.15, -0.1) is 0 Å².